The molecule has 4 aliphatic rings. The molecule has 1 saturated heterocycles. The van der Waals surface area contributed by atoms with Crippen LogP contribution in [0.3, 0.4) is 0 Å². The molecule has 0 saturated carbocycles. The van der Waals surface area contributed by atoms with Gasteiger partial charge in [-0.1, -0.05) is 80.0 Å². The molecule has 0 spiro atoms. The van der Waals surface area contributed by atoms with E-state index in [1.54, 1.807) is 12.1 Å². The first-order valence-electron chi connectivity index (χ1n) is 11.4. The summed E-state index contributed by atoms with van der Waals surface area (Å²) < 4.78 is 0. The van der Waals surface area contributed by atoms with Crippen LogP contribution in [0.4, 0.5) is 5.69 Å². The Morgan fingerprint density at radius 2 is 1.38 bits per heavy atom. The Balaban J connectivity index is 1.56. The van der Waals surface area contributed by atoms with Crippen molar-refractivity contribution < 1.29 is 9.59 Å². The van der Waals surface area contributed by atoms with E-state index in [0.29, 0.717) is 16.6 Å². The summed E-state index contributed by atoms with van der Waals surface area (Å²) in [5.41, 5.74) is 6.58. The Hall–Kier alpha value is -2.91. The van der Waals surface area contributed by atoms with Gasteiger partial charge in [-0.2, -0.15) is 0 Å². The lowest BCUT2D eigenvalue weighted by Crippen LogP contribution is -2.41. The minimum atomic E-state index is -0.390. The van der Waals surface area contributed by atoms with Crippen molar-refractivity contribution in [3.05, 3.63) is 99.6 Å². The molecule has 3 aromatic carbocycles. The van der Waals surface area contributed by atoms with E-state index in [1.165, 1.54) is 32.7 Å². The number of hydrogen-bond donors (Lipinski definition) is 0. The molecule has 2 bridgehead atoms. The van der Waals surface area contributed by atoms with Gasteiger partial charge in [0.1, 0.15) is 0 Å². The van der Waals surface area contributed by atoms with Crippen molar-refractivity contribution in [1.82, 2.24) is 0 Å². The van der Waals surface area contributed by atoms with Gasteiger partial charge >= 0.3 is 0 Å². The number of halogens is 1. The molecule has 3 nitrogen and oxygen atoms in total. The molecule has 1 heterocycles. The fourth-order valence-corrected chi connectivity index (χ4v) is 6.38. The van der Waals surface area contributed by atoms with E-state index < -0.39 is 5.92 Å². The van der Waals surface area contributed by atoms with Crippen molar-refractivity contribution >= 4 is 29.1 Å². The molecule has 5 atom stereocenters. The third-order valence-corrected chi connectivity index (χ3v) is 8.16. The molecule has 160 valence electrons. The smallest absolute Gasteiger partial charge is 0.238 e. The van der Waals surface area contributed by atoms with Crippen LogP contribution >= 0.6 is 11.6 Å². The van der Waals surface area contributed by atoms with Crippen LogP contribution in [-0.4, -0.2) is 11.8 Å². The first kappa shape index (κ1) is 19.8. The zero-order valence-corrected chi connectivity index (χ0v) is 18.8. The quantitative estimate of drug-likeness (QED) is 0.450. The topological polar surface area (TPSA) is 37.4 Å². The number of benzene rings is 3. The maximum absolute atomic E-state index is 13.8. The van der Waals surface area contributed by atoms with E-state index in [1.807, 2.05) is 24.3 Å². The number of para-hydroxylation sites is 1. The van der Waals surface area contributed by atoms with Crippen LogP contribution in [0.5, 0.6) is 0 Å². The van der Waals surface area contributed by atoms with Crippen molar-refractivity contribution in [2.24, 2.45) is 11.8 Å². The Kier molecular flexibility index (Phi) is 4.35. The zero-order valence-electron chi connectivity index (χ0n) is 18.1. The van der Waals surface area contributed by atoms with Gasteiger partial charge in [0.25, 0.3) is 0 Å². The van der Waals surface area contributed by atoms with Crippen LogP contribution < -0.4 is 4.90 Å². The molecule has 1 fully saturated rings. The summed E-state index contributed by atoms with van der Waals surface area (Å²) in [6, 6.07) is 22.2. The van der Waals surface area contributed by atoms with Gasteiger partial charge in [0.2, 0.25) is 11.8 Å². The highest BCUT2D eigenvalue weighted by atomic mass is 35.5. The van der Waals surface area contributed by atoms with Gasteiger partial charge < -0.3 is 0 Å². The summed E-state index contributed by atoms with van der Waals surface area (Å²) in [4.78, 5) is 29.0. The third kappa shape index (κ3) is 2.49. The van der Waals surface area contributed by atoms with E-state index in [2.05, 4.69) is 44.2 Å². The zero-order chi connectivity index (χ0) is 22.1. The van der Waals surface area contributed by atoms with Gasteiger partial charge in [-0.05, 0) is 52.3 Å². The number of carbonyl (C=O) groups is 2. The number of imide groups is 1. The van der Waals surface area contributed by atoms with Crippen molar-refractivity contribution in [1.29, 1.82) is 0 Å². The second-order valence-electron chi connectivity index (χ2n) is 9.30. The molecule has 5 unspecified atom stereocenters. The Bertz CT molecular complexity index is 1280. The summed E-state index contributed by atoms with van der Waals surface area (Å²) in [6.45, 7) is 4.44. The molecule has 32 heavy (non-hydrogen) atoms. The van der Waals surface area contributed by atoms with Crippen molar-refractivity contribution in [2.45, 2.75) is 38.0 Å². The van der Waals surface area contributed by atoms with Crippen molar-refractivity contribution in [2.75, 3.05) is 4.90 Å². The molecule has 7 rings (SSSR count). The normalized spacial score (nSPS) is 26.0. The minimum absolute atomic E-state index is 0.105. The molecule has 2 amide bonds. The van der Waals surface area contributed by atoms with Crippen LogP contribution in [0.15, 0.2) is 66.7 Å². The minimum Gasteiger partial charge on any atom is -0.274 e. The van der Waals surface area contributed by atoms with Crippen LogP contribution in [0.2, 0.25) is 5.02 Å². The first-order valence-corrected chi connectivity index (χ1v) is 11.8. The summed E-state index contributed by atoms with van der Waals surface area (Å²) in [5.74, 6) is -0.798. The number of carbonyl (C=O) groups excluding carboxylic acids is 2. The van der Waals surface area contributed by atoms with E-state index in [0.717, 1.165) is 6.42 Å². The highest BCUT2D eigenvalue weighted by molar-refractivity contribution is 6.36. The Labute approximate surface area is 193 Å². The van der Waals surface area contributed by atoms with E-state index in [9.17, 15) is 9.59 Å². The molecular weight excluding hydrogens is 418 g/mol. The lowest BCUT2D eigenvalue weighted by Gasteiger charge is -2.46. The standard InChI is InChI=1S/C28H24ClNO2/c1-3-15(2)16-12-13-19-20(14-16)24-18-9-5-4-8-17(18)23(19)25-26(24)28(32)30(27(25)31)22-11-7-6-10-21(22)29/h4-15,23-26H,3H2,1-2H3. The number of nitrogens with zero attached hydrogens (tertiary/aromatic N) is 1. The summed E-state index contributed by atoms with van der Waals surface area (Å²) in [6.07, 6.45) is 1.06. The molecule has 3 aromatic rings. The van der Waals surface area contributed by atoms with Crippen LogP contribution in [0, 0.1) is 11.8 Å². The molecule has 3 aliphatic carbocycles. The molecule has 1 aliphatic heterocycles. The molecule has 4 heteroatoms. The summed E-state index contributed by atoms with van der Waals surface area (Å²) in [5, 5.41) is 0.425. The Morgan fingerprint density at radius 3 is 2.00 bits per heavy atom. The second kappa shape index (κ2) is 7.05. The maximum Gasteiger partial charge on any atom is 0.238 e. The van der Waals surface area contributed by atoms with Crippen LogP contribution in [0.1, 0.15) is 65.8 Å². The van der Waals surface area contributed by atoms with Gasteiger partial charge in [0.05, 0.1) is 22.5 Å². The van der Waals surface area contributed by atoms with Crippen molar-refractivity contribution in [3.8, 4) is 0 Å². The van der Waals surface area contributed by atoms with Crippen LogP contribution in [0.25, 0.3) is 0 Å². The SMILES string of the molecule is CCC(C)c1ccc2c(c1)C1c3ccccc3C2C2C(=O)N(c3ccccc3Cl)C(=O)C12. The second-order valence-corrected chi connectivity index (χ2v) is 9.70. The van der Waals surface area contributed by atoms with Crippen LogP contribution in [-0.2, 0) is 9.59 Å². The largest absolute Gasteiger partial charge is 0.274 e. The van der Waals surface area contributed by atoms with Gasteiger partial charge in [0, 0.05) is 11.8 Å². The monoisotopic (exact) mass is 441 g/mol. The van der Waals surface area contributed by atoms with E-state index in [4.69, 9.17) is 11.6 Å². The number of amides is 2. The Morgan fingerprint density at radius 1 is 0.812 bits per heavy atom. The highest BCUT2D eigenvalue weighted by Gasteiger charge is 2.62. The average Bonchev–Trinajstić information content (AvgIpc) is 3.09. The summed E-state index contributed by atoms with van der Waals surface area (Å²) in [7, 11) is 0. The highest BCUT2D eigenvalue weighted by Crippen LogP contribution is 2.61. The lowest BCUT2D eigenvalue weighted by atomic mass is 9.54. The van der Waals surface area contributed by atoms with E-state index >= 15 is 0 Å². The number of anilines is 1. The molecule has 0 radical (unpaired) electrons. The van der Waals surface area contributed by atoms with Gasteiger partial charge in [0.15, 0.2) is 0 Å². The maximum atomic E-state index is 13.8. The predicted molar refractivity (Wildman–Crippen MR) is 126 cm³/mol. The molecule has 0 aromatic heterocycles. The van der Waals surface area contributed by atoms with Crippen molar-refractivity contribution in [3.63, 3.8) is 0 Å². The first-order chi connectivity index (χ1) is 15.5. The van der Waals surface area contributed by atoms with Gasteiger partial charge in [-0.15, -0.1) is 0 Å². The van der Waals surface area contributed by atoms with Gasteiger partial charge in [-0.3, -0.25) is 9.59 Å². The fraction of sp³-hybridized carbons (Fsp3) is 0.286. The summed E-state index contributed by atoms with van der Waals surface area (Å²) >= 11 is 6.42. The third-order valence-electron chi connectivity index (χ3n) is 7.84. The fourth-order valence-electron chi connectivity index (χ4n) is 6.16. The predicted octanol–water partition coefficient (Wildman–Crippen LogP) is 6.25. The molecule has 0 N–H and O–H groups in total. The lowest BCUT2D eigenvalue weighted by molar-refractivity contribution is -0.122. The van der Waals surface area contributed by atoms with Gasteiger partial charge in [-0.25, -0.2) is 4.90 Å². The number of hydrogen-bond acceptors (Lipinski definition) is 2. The van der Waals surface area contributed by atoms with E-state index in [-0.39, 0.29) is 29.6 Å². The number of rotatable bonds is 3. The molecular formula is C28H24ClNO2. The average molecular weight is 442 g/mol.